The third-order valence-corrected chi connectivity index (χ3v) is 8.08. The third kappa shape index (κ3) is 5.74. The maximum Gasteiger partial charge on any atom is 0.162 e. The Morgan fingerprint density at radius 1 is 1.03 bits per heavy atom. The number of anilines is 1. The number of thiazole rings is 1. The molecule has 8 heteroatoms. The molecule has 0 aliphatic carbocycles. The van der Waals surface area contributed by atoms with Gasteiger partial charge < -0.3 is 14.8 Å². The quantitative estimate of drug-likeness (QED) is 0.194. The molecule has 0 atom stereocenters. The molecular weight excluding hydrogens is 575 g/mol. The molecule has 0 spiro atoms. The highest BCUT2D eigenvalue weighted by atomic mass is 79.9. The molecule has 1 N–H and O–H groups in total. The van der Waals surface area contributed by atoms with Gasteiger partial charge in [-0.15, -0.1) is 11.3 Å². The van der Waals surface area contributed by atoms with Gasteiger partial charge in [-0.1, -0.05) is 39.7 Å². The molecule has 4 aromatic carbocycles. The van der Waals surface area contributed by atoms with Gasteiger partial charge in [0, 0.05) is 27.8 Å². The molecule has 0 bridgehead atoms. The summed E-state index contributed by atoms with van der Waals surface area (Å²) in [6.45, 7) is 2.65. The summed E-state index contributed by atoms with van der Waals surface area (Å²) in [6.07, 6.45) is 0. The van der Waals surface area contributed by atoms with Crippen molar-refractivity contribution in [2.75, 3.05) is 12.4 Å². The van der Waals surface area contributed by atoms with Crippen molar-refractivity contribution in [3.63, 3.8) is 0 Å². The number of methoxy groups -OCH3 is 1. The molecule has 0 saturated heterocycles. The number of rotatable bonds is 8. The van der Waals surface area contributed by atoms with Crippen LogP contribution in [0.2, 0.25) is 5.02 Å². The van der Waals surface area contributed by atoms with Crippen LogP contribution >= 0.6 is 38.9 Å². The molecule has 1 aromatic heterocycles. The summed E-state index contributed by atoms with van der Waals surface area (Å²) in [7, 11) is 1.57. The molecule has 0 fully saturated rings. The highest BCUT2D eigenvalue weighted by molar-refractivity contribution is 9.10. The molecule has 1 heterocycles. The lowest BCUT2D eigenvalue weighted by molar-refractivity contribution is 0.279. The molecule has 5 aromatic rings. The normalized spacial score (nSPS) is 11.1. The highest BCUT2D eigenvalue weighted by Crippen LogP contribution is 2.36. The number of ether oxygens (including phenoxy) is 2. The van der Waals surface area contributed by atoms with Crippen LogP contribution in [0.3, 0.4) is 0 Å². The maximum atomic E-state index is 14.1. The van der Waals surface area contributed by atoms with Gasteiger partial charge in [0.2, 0.25) is 0 Å². The van der Waals surface area contributed by atoms with E-state index in [4.69, 9.17) is 26.1 Å². The van der Waals surface area contributed by atoms with E-state index in [-0.39, 0.29) is 6.61 Å². The summed E-state index contributed by atoms with van der Waals surface area (Å²) >= 11 is 11.4. The van der Waals surface area contributed by atoms with Gasteiger partial charge in [0.15, 0.2) is 11.5 Å². The van der Waals surface area contributed by atoms with E-state index in [1.54, 1.807) is 30.6 Å². The zero-order chi connectivity index (χ0) is 25.9. The maximum absolute atomic E-state index is 14.1. The van der Waals surface area contributed by atoms with E-state index in [1.165, 1.54) is 16.3 Å². The average molecular weight is 598 g/mol. The summed E-state index contributed by atoms with van der Waals surface area (Å²) in [6, 6.07) is 22.9. The topological polar surface area (TPSA) is 43.4 Å². The van der Waals surface area contributed by atoms with Crippen molar-refractivity contribution in [3.05, 3.63) is 105 Å². The number of nitrogens with zero attached hydrogens (tertiary/aromatic N) is 1. The van der Waals surface area contributed by atoms with Crippen LogP contribution in [0.4, 0.5) is 10.1 Å². The molecule has 0 amide bonds. The number of hydrogen-bond donors (Lipinski definition) is 1. The Balaban J connectivity index is 1.27. The minimum Gasteiger partial charge on any atom is -0.493 e. The Hall–Kier alpha value is -3.13. The Morgan fingerprint density at radius 2 is 1.84 bits per heavy atom. The Morgan fingerprint density at radius 3 is 2.59 bits per heavy atom. The Kier molecular flexibility index (Phi) is 7.65. The fourth-order valence-electron chi connectivity index (χ4n) is 3.89. The van der Waals surface area contributed by atoms with Crippen molar-refractivity contribution in [2.24, 2.45) is 0 Å². The van der Waals surface area contributed by atoms with E-state index in [2.05, 4.69) is 58.5 Å². The number of benzene rings is 4. The van der Waals surface area contributed by atoms with Crippen LogP contribution < -0.4 is 14.8 Å². The summed E-state index contributed by atoms with van der Waals surface area (Å²) in [4.78, 5) is 4.77. The minimum atomic E-state index is -0.407. The highest BCUT2D eigenvalue weighted by Gasteiger charge is 2.14. The van der Waals surface area contributed by atoms with Crippen LogP contribution in [-0.2, 0) is 13.2 Å². The van der Waals surface area contributed by atoms with Gasteiger partial charge in [0.1, 0.15) is 17.4 Å². The summed E-state index contributed by atoms with van der Waals surface area (Å²) in [5, 5.41) is 4.78. The Bertz CT molecular complexity index is 1550. The second kappa shape index (κ2) is 11.1. The van der Waals surface area contributed by atoms with Gasteiger partial charge in [-0.3, -0.25) is 0 Å². The van der Waals surface area contributed by atoms with Crippen molar-refractivity contribution < 1.29 is 13.9 Å². The molecule has 188 valence electrons. The predicted octanol–water partition coefficient (Wildman–Crippen LogP) is 9.03. The Labute approximate surface area is 232 Å². The van der Waals surface area contributed by atoms with Crippen LogP contribution in [0.1, 0.15) is 16.7 Å². The van der Waals surface area contributed by atoms with Crippen LogP contribution in [-0.4, -0.2) is 12.1 Å². The molecule has 37 heavy (non-hydrogen) atoms. The molecule has 0 saturated carbocycles. The zero-order valence-electron chi connectivity index (χ0n) is 20.1. The van der Waals surface area contributed by atoms with E-state index in [1.807, 2.05) is 24.3 Å². The zero-order valence-corrected chi connectivity index (χ0v) is 23.3. The fourth-order valence-corrected chi connectivity index (χ4v) is 5.64. The van der Waals surface area contributed by atoms with Crippen molar-refractivity contribution in [1.29, 1.82) is 0 Å². The molecular formula is C29H23BrClFN2O2S. The lowest BCUT2D eigenvalue weighted by Crippen LogP contribution is -2.04. The van der Waals surface area contributed by atoms with Gasteiger partial charge in [-0.25, -0.2) is 9.37 Å². The van der Waals surface area contributed by atoms with E-state index in [0.717, 1.165) is 31.8 Å². The van der Waals surface area contributed by atoms with E-state index in [0.29, 0.717) is 28.6 Å². The van der Waals surface area contributed by atoms with E-state index in [9.17, 15) is 4.39 Å². The van der Waals surface area contributed by atoms with Crippen molar-refractivity contribution in [2.45, 2.75) is 20.1 Å². The molecule has 0 aliphatic heterocycles. The summed E-state index contributed by atoms with van der Waals surface area (Å²) < 4.78 is 27.5. The lowest BCUT2D eigenvalue weighted by atomic mass is 10.1. The monoisotopic (exact) mass is 596 g/mol. The number of halogens is 3. The molecule has 0 unspecified atom stereocenters. The lowest BCUT2D eigenvalue weighted by Gasteiger charge is -2.15. The van der Waals surface area contributed by atoms with Crippen molar-refractivity contribution in [3.8, 4) is 22.1 Å². The number of aryl methyl sites for hydroxylation is 1. The fraction of sp³-hybridized carbons (Fsp3) is 0.138. The minimum absolute atomic E-state index is 0.00742. The molecule has 4 nitrogen and oxygen atoms in total. The first-order valence-corrected chi connectivity index (χ1v) is 13.5. The first kappa shape index (κ1) is 25.5. The van der Waals surface area contributed by atoms with Gasteiger partial charge in [0.25, 0.3) is 0 Å². The molecule has 5 rings (SSSR count). The average Bonchev–Trinajstić information content (AvgIpc) is 3.31. The van der Waals surface area contributed by atoms with Crippen LogP contribution in [0.15, 0.2) is 77.3 Å². The third-order valence-electron chi connectivity index (χ3n) is 5.93. The smallest absolute Gasteiger partial charge is 0.162 e. The number of fused-ring (bicyclic) bond motifs is 1. The standard InChI is InChI=1S/C29H23BrClFN2O2S/c1-17-6-11-25-28(12-17)37-29(34-25)18-7-9-20(10-8-18)33-15-19-13-26(35-2)27(14-22(19)30)36-16-21-23(31)4-3-5-24(21)32/h3-14,33H,15-16H2,1-2H3. The summed E-state index contributed by atoms with van der Waals surface area (Å²) in [5.41, 5.74) is 5.62. The van der Waals surface area contributed by atoms with Crippen molar-refractivity contribution >= 4 is 54.8 Å². The van der Waals surface area contributed by atoms with Crippen LogP contribution in [0.5, 0.6) is 11.5 Å². The number of aromatic nitrogens is 1. The first-order chi connectivity index (χ1) is 17.9. The van der Waals surface area contributed by atoms with Crippen LogP contribution in [0.25, 0.3) is 20.8 Å². The van der Waals surface area contributed by atoms with Gasteiger partial charge in [-0.2, -0.15) is 0 Å². The van der Waals surface area contributed by atoms with E-state index < -0.39 is 5.82 Å². The number of hydrogen-bond acceptors (Lipinski definition) is 5. The van der Waals surface area contributed by atoms with Gasteiger partial charge in [0.05, 0.1) is 22.3 Å². The molecule has 0 radical (unpaired) electrons. The largest absolute Gasteiger partial charge is 0.493 e. The summed E-state index contributed by atoms with van der Waals surface area (Å²) in [5.74, 6) is 0.636. The second-order valence-corrected chi connectivity index (χ2v) is 10.8. The van der Waals surface area contributed by atoms with E-state index >= 15 is 0 Å². The second-order valence-electron chi connectivity index (χ2n) is 8.50. The van der Waals surface area contributed by atoms with Gasteiger partial charge in [-0.05, 0) is 78.7 Å². The van der Waals surface area contributed by atoms with Gasteiger partial charge >= 0.3 is 0 Å². The number of nitrogens with one attached hydrogen (secondary N) is 1. The van der Waals surface area contributed by atoms with Crippen molar-refractivity contribution in [1.82, 2.24) is 4.98 Å². The first-order valence-electron chi connectivity index (χ1n) is 11.5. The van der Waals surface area contributed by atoms with Crippen LogP contribution in [0, 0.1) is 12.7 Å². The SMILES string of the molecule is COc1cc(CNc2ccc(-c3nc4ccc(C)cc4s3)cc2)c(Br)cc1OCc1c(F)cccc1Cl. The molecule has 0 aliphatic rings. The predicted molar refractivity (Wildman–Crippen MR) is 154 cm³/mol.